The lowest BCUT2D eigenvalue weighted by atomic mass is 9.79. The number of benzene rings is 1. The molecule has 1 aliphatic rings. The first kappa shape index (κ1) is 11.5. The fourth-order valence-corrected chi connectivity index (χ4v) is 3.55. The molecule has 16 heavy (non-hydrogen) atoms. The number of rotatable bonds is 3. The zero-order valence-electron chi connectivity index (χ0n) is 9.30. The van der Waals surface area contributed by atoms with Crippen LogP contribution in [0.25, 0.3) is 0 Å². The number of methoxy groups -OCH3 is 1. The lowest BCUT2D eigenvalue weighted by Gasteiger charge is -2.42. The Morgan fingerprint density at radius 1 is 1.38 bits per heavy atom. The molecule has 0 aromatic heterocycles. The largest absolute Gasteiger partial charge is 0.369 e. The maximum absolute atomic E-state index is 12.2. The van der Waals surface area contributed by atoms with Gasteiger partial charge in [-0.15, -0.1) is 0 Å². The lowest BCUT2D eigenvalue weighted by Crippen LogP contribution is -2.61. The molecule has 0 amide bonds. The van der Waals surface area contributed by atoms with Crippen LogP contribution in [0.3, 0.4) is 0 Å². The molecule has 1 fully saturated rings. The van der Waals surface area contributed by atoms with Gasteiger partial charge in [-0.2, -0.15) is 0 Å². The SMILES string of the molecule is CO[C@@]1(C)C(=O)C[C@@H]1S(=O)c1ccccc1. The summed E-state index contributed by atoms with van der Waals surface area (Å²) in [4.78, 5) is 12.2. The molecule has 3 nitrogen and oxygen atoms in total. The van der Waals surface area contributed by atoms with Crippen molar-refractivity contribution in [2.24, 2.45) is 0 Å². The molecule has 1 aromatic rings. The van der Waals surface area contributed by atoms with E-state index in [2.05, 4.69) is 0 Å². The van der Waals surface area contributed by atoms with Crippen molar-refractivity contribution in [3.63, 3.8) is 0 Å². The van der Waals surface area contributed by atoms with Gasteiger partial charge in [0.15, 0.2) is 5.78 Å². The first-order chi connectivity index (χ1) is 7.59. The molecule has 0 saturated heterocycles. The van der Waals surface area contributed by atoms with Crippen molar-refractivity contribution in [3.05, 3.63) is 30.3 Å². The predicted molar refractivity (Wildman–Crippen MR) is 61.7 cm³/mol. The van der Waals surface area contributed by atoms with Gasteiger partial charge in [-0.1, -0.05) is 18.2 Å². The van der Waals surface area contributed by atoms with E-state index in [1.165, 1.54) is 7.11 Å². The molecule has 1 unspecified atom stereocenters. The highest BCUT2D eigenvalue weighted by atomic mass is 32.2. The van der Waals surface area contributed by atoms with Crippen LogP contribution in [-0.2, 0) is 20.3 Å². The van der Waals surface area contributed by atoms with Gasteiger partial charge in [0.1, 0.15) is 5.60 Å². The molecular weight excluding hydrogens is 224 g/mol. The minimum absolute atomic E-state index is 0.0317. The monoisotopic (exact) mass is 238 g/mol. The molecule has 3 atom stereocenters. The van der Waals surface area contributed by atoms with Gasteiger partial charge in [-0.05, 0) is 19.1 Å². The van der Waals surface area contributed by atoms with E-state index in [-0.39, 0.29) is 11.0 Å². The van der Waals surface area contributed by atoms with Crippen LogP contribution < -0.4 is 0 Å². The number of carbonyl (C=O) groups excluding carboxylic acids is 1. The molecular formula is C12H14O3S. The van der Waals surface area contributed by atoms with Crippen molar-refractivity contribution in [2.75, 3.05) is 7.11 Å². The van der Waals surface area contributed by atoms with E-state index < -0.39 is 16.4 Å². The van der Waals surface area contributed by atoms with Gasteiger partial charge < -0.3 is 4.74 Å². The summed E-state index contributed by atoms with van der Waals surface area (Å²) >= 11 is 0. The van der Waals surface area contributed by atoms with E-state index in [4.69, 9.17) is 4.74 Å². The molecule has 0 spiro atoms. The molecule has 1 aliphatic carbocycles. The van der Waals surface area contributed by atoms with Crippen molar-refractivity contribution in [2.45, 2.75) is 29.1 Å². The molecule has 86 valence electrons. The van der Waals surface area contributed by atoms with Crippen molar-refractivity contribution < 1.29 is 13.7 Å². The Morgan fingerprint density at radius 2 is 2.00 bits per heavy atom. The van der Waals surface area contributed by atoms with E-state index in [1.54, 1.807) is 6.92 Å². The maximum atomic E-state index is 12.2. The summed E-state index contributed by atoms with van der Waals surface area (Å²) in [6.45, 7) is 1.71. The number of hydrogen-bond acceptors (Lipinski definition) is 3. The highest BCUT2D eigenvalue weighted by Gasteiger charge is 2.55. The van der Waals surface area contributed by atoms with Gasteiger partial charge in [0.2, 0.25) is 0 Å². The van der Waals surface area contributed by atoms with Crippen LogP contribution in [-0.4, -0.2) is 28.0 Å². The molecule has 0 bridgehead atoms. The summed E-state index contributed by atoms with van der Waals surface area (Å²) in [5, 5.41) is -0.229. The molecule has 2 rings (SSSR count). The summed E-state index contributed by atoms with van der Waals surface area (Å²) in [6, 6.07) is 9.20. The number of ketones is 1. The Kier molecular flexibility index (Phi) is 2.95. The molecule has 0 N–H and O–H groups in total. The molecule has 0 heterocycles. The van der Waals surface area contributed by atoms with E-state index in [0.717, 1.165) is 4.90 Å². The first-order valence-electron chi connectivity index (χ1n) is 5.13. The lowest BCUT2D eigenvalue weighted by molar-refractivity contribution is -0.151. The standard InChI is InChI=1S/C12H14O3S/c1-12(15-2)10(13)8-11(12)16(14)9-6-4-3-5-7-9/h3-7,11H,8H2,1-2H3/t11-,12-,16?/m0/s1. The van der Waals surface area contributed by atoms with E-state index in [1.807, 2.05) is 30.3 Å². The number of carbonyl (C=O) groups is 1. The minimum Gasteiger partial charge on any atom is -0.369 e. The zero-order chi connectivity index (χ0) is 11.8. The van der Waals surface area contributed by atoms with Gasteiger partial charge in [0.25, 0.3) is 0 Å². The van der Waals surface area contributed by atoms with E-state index >= 15 is 0 Å². The summed E-state index contributed by atoms with van der Waals surface area (Å²) in [5.74, 6) is 0.0317. The Morgan fingerprint density at radius 3 is 2.50 bits per heavy atom. The van der Waals surface area contributed by atoms with E-state index in [9.17, 15) is 9.00 Å². The van der Waals surface area contributed by atoms with Crippen molar-refractivity contribution in [3.8, 4) is 0 Å². The second-order valence-corrected chi connectivity index (χ2v) is 5.67. The van der Waals surface area contributed by atoms with Gasteiger partial charge in [0.05, 0.1) is 16.0 Å². The fourth-order valence-electron chi connectivity index (χ4n) is 1.86. The highest BCUT2D eigenvalue weighted by Crippen LogP contribution is 2.37. The smallest absolute Gasteiger partial charge is 0.166 e. The molecule has 0 aliphatic heterocycles. The Bertz CT molecular complexity index is 429. The van der Waals surface area contributed by atoms with Gasteiger partial charge in [0, 0.05) is 18.4 Å². The van der Waals surface area contributed by atoms with Crippen LogP contribution in [0.5, 0.6) is 0 Å². The van der Waals surface area contributed by atoms with Crippen LogP contribution in [0.2, 0.25) is 0 Å². The van der Waals surface area contributed by atoms with Crippen LogP contribution >= 0.6 is 0 Å². The average Bonchev–Trinajstić information content (AvgIpc) is 2.35. The first-order valence-corrected chi connectivity index (χ1v) is 6.35. The Balaban J connectivity index is 2.22. The van der Waals surface area contributed by atoms with Crippen molar-refractivity contribution >= 4 is 16.6 Å². The second-order valence-electron chi connectivity index (χ2n) is 4.04. The Hall–Kier alpha value is -1.00. The third-order valence-corrected chi connectivity index (χ3v) is 5.07. The summed E-state index contributed by atoms with van der Waals surface area (Å²) < 4.78 is 17.4. The summed E-state index contributed by atoms with van der Waals surface area (Å²) in [7, 11) is 0.315. The van der Waals surface area contributed by atoms with Crippen LogP contribution in [0.15, 0.2) is 35.2 Å². The molecule has 1 saturated carbocycles. The minimum atomic E-state index is -1.18. The number of Topliss-reactive ketones (excluding diaryl/α,β-unsaturated/α-hetero) is 1. The van der Waals surface area contributed by atoms with Crippen LogP contribution in [0.4, 0.5) is 0 Å². The topological polar surface area (TPSA) is 43.4 Å². The zero-order valence-corrected chi connectivity index (χ0v) is 10.1. The summed E-state index contributed by atoms with van der Waals surface area (Å²) in [6.07, 6.45) is 0.339. The van der Waals surface area contributed by atoms with Gasteiger partial charge in [-0.25, -0.2) is 0 Å². The third-order valence-electron chi connectivity index (χ3n) is 3.20. The normalized spacial score (nSPS) is 30.9. The van der Waals surface area contributed by atoms with E-state index in [0.29, 0.717) is 6.42 Å². The quantitative estimate of drug-likeness (QED) is 0.802. The van der Waals surface area contributed by atoms with Gasteiger partial charge >= 0.3 is 0 Å². The van der Waals surface area contributed by atoms with Crippen LogP contribution in [0, 0.1) is 0 Å². The fraction of sp³-hybridized carbons (Fsp3) is 0.417. The maximum Gasteiger partial charge on any atom is 0.166 e. The average molecular weight is 238 g/mol. The summed E-state index contributed by atoms with van der Waals surface area (Å²) in [5.41, 5.74) is -0.874. The van der Waals surface area contributed by atoms with Crippen molar-refractivity contribution in [1.82, 2.24) is 0 Å². The second kappa shape index (κ2) is 4.11. The molecule has 1 aromatic carbocycles. The highest BCUT2D eigenvalue weighted by molar-refractivity contribution is 7.86. The molecule has 4 heteroatoms. The Labute approximate surface area is 97.3 Å². The number of ether oxygens (including phenoxy) is 1. The molecule has 0 radical (unpaired) electrons. The van der Waals surface area contributed by atoms with Crippen molar-refractivity contribution in [1.29, 1.82) is 0 Å². The third kappa shape index (κ3) is 1.62. The number of hydrogen-bond donors (Lipinski definition) is 0. The van der Waals surface area contributed by atoms with Gasteiger partial charge in [-0.3, -0.25) is 9.00 Å². The van der Waals surface area contributed by atoms with Crippen LogP contribution in [0.1, 0.15) is 13.3 Å². The predicted octanol–water partition coefficient (Wildman–Crippen LogP) is 1.54.